The van der Waals surface area contributed by atoms with E-state index in [4.69, 9.17) is 0 Å². The second-order valence-corrected chi connectivity index (χ2v) is 8.19. The molecule has 0 fully saturated rings. The summed E-state index contributed by atoms with van der Waals surface area (Å²) >= 11 is 0. The first-order valence-electron chi connectivity index (χ1n) is 11.6. The zero-order valence-corrected chi connectivity index (χ0v) is 18.9. The number of nitrogens with one attached hydrogen (secondary N) is 2. The summed E-state index contributed by atoms with van der Waals surface area (Å²) in [5.41, 5.74) is 5.83. The lowest BCUT2D eigenvalue weighted by Crippen LogP contribution is -2.26. The summed E-state index contributed by atoms with van der Waals surface area (Å²) in [7, 11) is 0. The van der Waals surface area contributed by atoms with E-state index in [0.717, 1.165) is 11.5 Å². The van der Waals surface area contributed by atoms with Crippen LogP contribution in [0.2, 0.25) is 0 Å². The Morgan fingerprint density at radius 2 is 1.00 bits per heavy atom. The average molecular weight is 442 g/mol. The van der Waals surface area contributed by atoms with Gasteiger partial charge < -0.3 is 10.6 Å². The number of rotatable bonds is 8. The van der Waals surface area contributed by atoms with Crippen LogP contribution >= 0.6 is 0 Å². The van der Waals surface area contributed by atoms with Crippen molar-refractivity contribution in [3.8, 4) is 11.1 Å². The van der Waals surface area contributed by atoms with Gasteiger partial charge in [-0.1, -0.05) is 115 Å². The second kappa shape index (κ2) is 10.5. The molecule has 0 amide bonds. The third-order valence-corrected chi connectivity index (χ3v) is 5.94. The quantitative estimate of drug-likeness (QED) is 0.258. The van der Waals surface area contributed by atoms with Crippen LogP contribution in [0.3, 0.4) is 0 Å². The van der Waals surface area contributed by atoms with Gasteiger partial charge in [-0.2, -0.15) is 0 Å². The van der Waals surface area contributed by atoms with Crippen LogP contribution in [-0.2, 0) is 0 Å². The number of aromatic nitrogens is 1. The van der Waals surface area contributed by atoms with Crippen molar-refractivity contribution in [2.24, 2.45) is 0 Å². The highest BCUT2D eigenvalue weighted by Crippen LogP contribution is 2.37. The number of pyridine rings is 1. The fourth-order valence-corrected chi connectivity index (χ4v) is 4.29. The molecule has 5 rings (SSSR count). The van der Waals surface area contributed by atoms with E-state index in [1.54, 1.807) is 0 Å². The predicted molar refractivity (Wildman–Crippen MR) is 142 cm³/mol. The normalized spacial score (nSPS) is 12.5. The summed E-state index contributed by atoms with van der Waals surface area (Å²) < 4.78 is 0. The smallest absolute Gasteiger partial charge is 0.126 e. The van der Waals surface area contributed by atoms with Crippen molar-refractivity contribution in [2.45, 2.75) is 12.1 Å². The minimum atomic E-state index is -0.0534. The van der Waals surface area contributed by atoms with Gasteiger partial charge in [0.2, 0.25) is 0 Å². The van der Waals surface area contributed by atoms with Crippen LogP contribution in [0.4, 0.5) is 11.5 Å². The highest BCUT2D eigenvalue weighted by atomic mass is 15.1. The van der Waals surface area contributed by atoms with Gasteiger partial charge in [0.25, 0.3) is 0 Å². The summed E-state index contributed by atoms with van der Waals surface area (Å²) in [5, 5.41) is 7.59. The summed E-state index contributed by atoms with van der Waals surface area (Å²) in [6.45, 7) is 0. The molecular weight excluding hydrogens is 414 g/mol. The summed E-state index contributed by atoms with van der Waals surface area (Å²) in [6, 6.07) is 46.0. The van der Waals surface area contributed by atoms with Crippen LogP contribution < -0.4 is 10.6 Å². The topological polar surface area (TPSA) is 37.0 Å². The third-order valence-electron chi connectivity index (χ3n) is 5.94. The average Bonchev–Trinajstić information content (AvgIpc) is 2.93. The van der Waals surface area contributed by atoms with Gasteiger partial charge in [0, 0.05) is 17.4 Å². The number of hydrogen-bond donors (Lipinski definition) is 2. The molecule has 2 atom stereocenters. The molecule has 1 aromatic heterocycles. The maximum Gasteiger partial charge on any atom is 0.126 e. The number of nitrogens with zero attached hydrogens (tertiary/aromatic N) is 1. The predicted octanol–water partition coefficient (Wildman–Crippen LogP) is 7.76. The van der Waals surface area contributed by atoms with Gasteiger partial charge in [-0.25, -0.2) is 4.98 Å². The van der Waals surface area contributed by atoms with Crippen molar-refractivity contribution < 1.29 is 0 Å². The van der Waals surface area contributed by atoms with E-state index in [-0.39, 0.29) is 12.1 Å². The Balaban J connectivity index is 1.60. The molecule has 0 spiro atoms. The molecule has 4 aromatic carbocycles. The molecule has 0 aliphatic rings. The number of hydrogen-bond acceptors (Lipinski definition) is 3. The maximum absolute atomic E-state index is 4.55. The molecule has 0 aliphatic heterocycles. The minimum absolute atomic E-state index is 0.0459. The van der Waals surface area contributed by atoms with E-state index < -0.39 is 0 Å². The maximum atomic E-state index is 4.55. The molecule has 5 aromatic rings. The molecule has 0 saturated carbocycles. The van der Waals surface area contributed by atoms with Gasteiger partial charge >= 0.3 is 0 Å². The van der Waals surface area contributed by atoms with Gasteiger partial charge in [-0.3, -0.25) is 0 Å². The molecule has 0 saturated heterocycles. The van der Waals surface area contributed by atoms with Crippen molar-refractivity contribution in [2.75, 3.05) is 10.6 Å². The van der Waals surface area contributed by atoms with Gasteiger partial charge in [-0.15, -0.1) is 0 Å². The van der Waals surface area contributed by atoms with Gasteiger partial charge in [0.1, 0.15) is 5.82 Å². The number of para-hydroxylation sites is 1. The standard InChI is InChI=1S/C31H27N3/c1-4-14-24(15-5-1)27-20-10-11-21-28(27)33-30(25-16-6-2-7-17-25)31(26-18-8-3-9-19-26)34-29-22-12-13-23-32-29/h1-23,30-31,33H,(H,32,34)/t30-,31-/m0/s1. The van der Waals surface area contributed by atoms with E-state index in [1.807, 2.05) is 24.4 Å². The molecule has 1 heterocycles. The van der Waals surface area contributed by atoms with Crippen molar-refractivity contribution in [1.82, 2.24) is 4.98 Å². The Hall–Kier alpha value is -4.37. The van der Waals surface area contributed by atoms with Crippen LogP contribution in [0.15, 0.2) is 140 Å². The summed E-state index contributed by atoms with van der Waals surface area (Å²) in [4.78, 5) is 4.55. The summed E-state index contributed by atoms with van der Waals surface area (Å²) in [6.07, 6.45) is 1.82. The van der Waals surface area contributed by atoms with Crippen LogP contribution in [0.25, 0.3) is 11.1 Å². The largest absolute Gasteiger partial charge is 0.375 e. The zero-order chi connectivity index (χ0) is 23.0. The first kappa shape index (κ1) is 21.5. The monoisotopic (exact) mass is 441 g/mol. The Bertz CT molecular complexity index is 1290. The molecule has 3 nitrogen and oxygen atoms in total. The van der Waals surface area contributed by atoms with Crippen molar-refractivity contribution in [3.63, 3.8) is 0 Å². The first-order chi connectivity index (χ1) is 16.9. The molecule has 0 bridgehead atoms. The van der Waals surface area contributed by atoms with Crippen LogP contribution in [0.1, 0.15) is 23.2 Å². The SMILES string of the molecule is c1ccc(-c2ccccc2N[C@@H](c2ccccc2)[C@@H](Nc2ccccn2)c2ccccc2)cc1. The Kier molecular flexibility index (Phi) is 6.63. The highest BCUT2D eigenvalue weighted by Gasteiger charge is 2.26. The fourth-order valence-electron chi connectivity index (χ4n) is 4.29. The van der Waals surface area contributed by atoms with Crippen molar-refractivity contribution in [3.05, 3.63) is 151 Å². The molecule has 34 heavy (non-hydrogen) atoms. The minimum Gasteiger partial charge on any atom is -0.375 e. The van der Waals surface area contributed by atoms with E-state index in [9.17, 15) is 0 Å². The lowest BCUT2D eigenvalue weighted by Gasteiger charge is -2.32. The fraction of sp³-hybridized carbons (Fsp3) is 0.0645. The Morgan fingerprint density at radius 3 is 1.62 bits per heavy atom. The zero-order valence-electron chi connectivity index (χ0n) is 18.9. The molecule has 2 N–H and O–H groups in total. The van der Waals surface area contributed by atoms with E-state index >= 15 is 0 Å². The molecule has 3 heteroatoms. The molecule has 0 radical (unpaired) electrons. The van der Waals surface area contributed by atoms with E-state index in [2.05, 4.69) is 131 Å². The van der Waals surface area contributed by atoms with Crippen molar-refractivity contribution >= 4 is 11.5 Å². The lowest BCUT2D eigenvalue weighted by molar-refractivity contribution is 0.647. The van der Waals surface area contributed by atoms with E-state index in [0.29, 0.717) is 0 Å². The third kappa shape index (κ3) is 5.00. The Labute approximate surface area is 201 Å². The highest BCUT2D eigenvalue weighted by molar-refractivity contribution is 5.78. The van der Waals surface area contributed by atoms with Gasteiger partial charge in [0.05, 0.1) is 12.1 Å². The molecular formula is C31H27N3. The first-order valence-corrected chi connectivity index (χ1v) is 11.6. The number of anilines is 2. The van der Waals surface area contributed by atoms with Crippen LogP contribution in [0.5, 0.6) is 0 Å². The molecule has 0 aliphatic carbocycles. The summed E-state index contributed by atoms with van der Waals surface area (Å²) in [5.74, 6) is 0.843. The number of benzene rings is 4. The van der Waals surface area contributed by atoms with Crippen LogP contribution in [0, 0.1) is 0 Å². The van der Waals surface area contributed by atoms with Gasteiger partial charge in [0.15, 0.2) is 0 Å². The van der Waals surface area contributed by atoms with Crippen molar-refractivity contribution in [1.29, 1.82) is 0 Å². The van der Waals surface area contributed by atoms with Gasteiger partial charge in [-0.05, 0) is 34.9 Å². The molecule has 166 valence electrons. The van der Waals surface area contributed by atoms with E-state index in [1.165, 1.54) is 22.3 Å². The Morgan fingerprint density at radius 1 is 0.471 bits per heavy atom. The van der Waals surface area contributed by atoms with Crippen LogP contribution in [-0.4, -0.2) is 4.98 Å². The lowest BCUT2D eigenvalue weighted by atomic mass is 9.92. The molecule has 0 unspecified atom stereocenters. The second-order valence-electron chi connectivity index (χ2n) is 8.19.